The Morgan fingerprint density at radius 2 is 2.00 bits per heavy atom. The van der Waals surface area contributed by atoms with Gasteiger partial charge in [-0.05, 0) is 31.0 Å². The van der Waals surface area contributed by atoms with Crippen molar-refractivity contribution < 1.29 is 18.8 Å². The molecule has 0 unspecified atom stereocenters. The zero-order chi connectivity index (χ0) is 24.4. The van der Waals surface area contributed by atoms with Crippen molar-refractivity contribution in [2.45, 2.75) is 32.0 Å². The zero-order valence-electron chi connectivity index (χ0n) is 17.9. The first-order valence-corrected chi connectivity index (χ1v) is 10.9. The molecule has 3 N–H and O–H groups in total. The molecule has 1 aromatic heterocycles. The highest BCUT2D eigenvalue weighted by molar-refractivity contribution is 6.30. The van der Waals surface area contributed by atoms with Gasteiger partial charge in [0.05, 0.1) is 28.7 Å². The normalized spacial score (nSPS) is 12.9. The third kappa shape index (κ3) is 4.70. The minimum Gasteiger partial charge on any atom is -0.364 e. The van der Waals surface area contributed by atoms with Crippen molar-refractivity contribution in [3.63, 3.8) is 0 Å². The number of nitriles is 1. The van der Waals surface area contributed by atoms with Gasteiger partial charge in [-0.3, -0.25) is 19.1 Å². The SMILES string of the molecule is N#Cc1ccc(Cl)c(F)c1CNC(=O)CN(C(=O)Cn1nc(C(N)=O)c2ccccc21)C1CC1. The second-order valence-electron chi connectivity index (χ2n) is 7.92. The predicted molar refractivity (Wildman–Crippen MR) is 121 cm³/mol. The summed E-state index contributed by atoms with van der Waals surface area (Å²) in [6.07, 6.45) is 1.51. The second kappa shape index (κ2) is 9.49. The van der Waals surface area contributed by atoms with Crippen LogP contribution in [0.25, 0.3) is 10.9 Å². The summed E-state index contributed by atoms with van der Waals surface area (Å²) in [6.45, 7) is -0.666. The van der Waals surface area contributed by atoms with Gasteiger partial charge in [-0.15, -0.1) is 0 Å². The van der Waals surface area contributed by atoms with E-state index in [0.29, 0.717) is 10.9 Å². The number of fused-ring (bicyclic) bond motifs is 1. The molecule has 2 aromatic carbocycles. The number of para-hydroxylation sites is 1. The van der Waals surface area contributed by atoms with Crippen molar-refractivity contribution in [2.24, 2.45) is 5.73 Å². The van der Waals surface area contributed by atoms with Crippen LogP contribution in [0, 0.1) is 17.1 Å². The highest BCUT2D eigenvalue weighted by Gasteiger charge is 2.34. The molecule has 3 amide bonds. The van der Waals surface area contributed by atoms with Crippen molar-refractivity contribution in [3.05, 3.63) is 64.1 Å². The highest BCUT2D eigenvalue weighted by atomic mass is 35.5. The van der Waals surface area contributed by atoms with Crippen LogP contribution in [0.4, 0.5) is 4.39 Å². The molecule has 1 heterocycles. The van der Waals surface area contributed by atoms with E-state index in [1.54, 1.807) is 24.3 Å². The van der Waals surface area contributed by atoms with Crippen LogP contribution in [0.5, 0.6) is 0 Å². The van der Waals surface area contributed by atoms with Crippen LogP contribution in [0.2, 0.25) is 5.02 Å². The number of hydrogen-bond donors (Lipinski definition) is 2. The number of halogens is 2. The molecule has 34 heavy (non-hydrogen) atoms. The number of carbonyl (C=O) groups is 3. The number of nitrogens with one attached hydrogen (secondary N) is 1. The topological polar surface area (TPSA) is 134 Å². The molecule has 3 aromatic rings. The summed E-state index contributed by atoms with van der Waals surface area (Å²) >= 11 is 5.79. The maximum Gasteiger partial charge on any atom is 0.269 e. The van der Waals surface area contributed by atoms with Crippen molar-refractivity contribution in [1.82, 2.24) is 20.0 Å². The lowest BCUT2D eigenvalue weighted by Crippen LogP contribution is -2.43. The largest absolute Gasteiger partial charge is 0.364 e. The van der Waals surface area contributed by atoms with Gasteiger partial charge in [0.2, 0.25) is 11.8 Å². The first-order valence-electron chi connectivity index (χ1n) is 10.5. The van der Waals surface area contributed by atoms with Crippen LogP contribution in [-0.4, -0.2) is 45.0 Å². The third-order valence-electron chi connectivity index (χ3n) is 5.58. The number of nitrogens with two attached hydrogens (primary N) is 1. The molecule has 0 spiro atoms. The summed E-state index contributed by atoms with van der Waals surface area (Å²) < 4.78 is 15.7. The third-order valence-corrected chi connectivity index (χ3v) is 5.87. The standard InChI is InChI=1S/C23H20ClFN6O3/c24-17-8-5-13(9-26)16(21(17)25)10-28-19(32)11-30(14-6-7-14)20(33)12-31-18-4-2-1-3-15(18)22(29-31)23(27)34/h1-5,8,14H,6-7,10-12H2,(H2,27,34)(H,28,32). The summed E-state index contributed by atoms with van der Waals surface area (Å²) in [4.78, 5) is 38.8. The Morgan fingerprint density at radius 3 is 2.68 bits per heavy atom. The smallest absolute Gasteiger partial charge is 0.269 e. The Hall–Kier alpha value is -3.97. The van der Waals surface area contributed by atoms with Crippen LogP contribution in [0.15, 0.2) is 36.4 Å². The van der Waals surface area contributed by atoms with Gasteiger partial charge in [0.25, 0.3) is 5.91 Å². The predicted octanol–water partition coefficient (Wildman–Crippen LogP) is 2.11. The molecule has 0 bridgehead atoms. The van der Waals surface area contributed by atoms with Gasteiger partial charge in [0, 0.05) is 23.5 Å². The van der Waals surface area contributed by atoms with Crippen LogP contribution in [0.3, 0.4) is 0 Å². The minimum atomic E-state index is -0.771. The molecular weight excluding hydrogens is 463 g/mol. The molecule has 0 saturated heterocycles. The van der Waals surface area contributed by atoms with Crippen LogP contribution < -0.4 is 11.1 Å². The average Bonchev–Trinajstić information content (AvgIpc) is 3.59. The van der Waals surface area contributed by atoms with Gasteiger partial charge >= 0.3 is 0 Å². The van der Waals surface area contributed by atoms with Gasteiger partial charge < -0.3 is 16.0 Å². The first kappa shape index (κ1) is 23.2. The van der Waals surface area contributed by atoms with Crippen molar-refractivity contribution in [3.8, 4) is 6.07 Å². The summed E-state index contributed by atoms with van der Waals surface area (Å²) in [7, 11) is 0. The molecule has 0 radical (unpaired) electrons. The molecule has 9 nitrogen and oxygen atoms in total. The van der Waals surface area contributed by atoms with Crippen LogP contribution >= 0.6 is 11.6 Å². The van der Waals surface area contributed by atoms with E-state index in [1.165, 1.54) is 21.7 Å². The molecular formula is C23H20ClFN6O3. The van der Waals surface area contributed by atoms with E-state index in [2.05, 4.69) is 10.4 Å². The fourth-order valence-electron chi connectivity index (χ4n) is 3.72. The Bertz CT molecular complexity index is 1340. The van der Waals surface area contributed by atoms with Gasteiger partial charge in [-0.2, -0.15) is 10.4 Å². The van der Waals surface area contributed by atoms with Crippen molar-refractivity contribution >= 4 is 40.2 Å². The Labute approximate surface area is 198 Å². The monoisotopic (exact) mass is 482 g/mol. The Kier molecular flexibility index (Phi) is 6.47. The maximum atomic E-state index is 14.3. The first-order chi connectivity index (χ1) is 16.3. The minimum absolute atomic E-state index is 0.0189. The van der Waals surface area contributed by atoms with E-state index in [4.69, 9.17) is 17.3 Å². The number of hydrogen-bond acceptors (Lipinski definition) is 5. The molecule has 1 aliphatic carbocycles. The molecule has 0 atom stereocenters. The van der Waals surface area contributed by atoms with E-state index in [9.17, 15) is 24.0 Å². The molecule has 1 saturated carbocycles. The molecule has 174 valence electrons. The van der Waals surface area contributed by atoms with E-state index >= 15 is 0 Å². The second-order valence-corrected chi connectivity index (χ2v) is 8.32. The fourth-order valence-corrected chi connectivity index (χ4v) is 3.90. The van der Waals surface area contributed by atoms with Crippen LogP contribution in [0.1, 0.15) is 34.5 Å². The van der Waals surface area contributed by atoms with Gasteiger partial charge in [0.15, 0.2) is 5.69 Å². The molecule has 4 rings (SSSR count). The van der Waals surface area contributed by atoms with Gasteiger partial charge in [-0.25, -0.2) is 4.39 Å². The van der Waals surface area contributed by atoms with Gasteiger partial charge in [0.1, 0.15) is 12.4 Å². The lowest BCUT2D eigenvalue weighted by atomic mass is 10.1. The lowest BCUT2D eigenvalue weighted by molar-refractivity contribution is -0.137. The van der Waals surface area contributed by atoms with Crippen molar-refractivity contribution in [1.29, 1.82) is 5.26 Å². The quantitative estimate of drug-likeness (QED) is 0.507. The molecule has 1 fully saturated rings. The van der Waals surface area contributed by atoms with E-state index in [-0.39, 0.29) is 53.4 Å². The number of rotatable bonds is 8. The number of nitrogens with zero attached hydrogens (tertiary/aromatic N) is 4. The number of primary amides is 1. The summed E-state index contributed by atoms with van der Waals surface area (Å²) in [5, 5.41) is 16.3. The zero-order valence-corrected chi connectivity index (χ0v) is 18.7. The summed E-state index contributed by atoms with van der Waals surface area (Å²) in [5.74, 6) is -2.34. The molecule has 1 aliphatic rings. The molecule has 11 heteroatoms. The summed E-state index contributed by atoms with van der Waals surface area (Å²) in [6, 6.07) is 11.3. The Balaban J connectivity index is 1.47. The van der Waals surface area contributed by atoms with Gasteiger partial charge in [-0.1, -0.05) is 29.8 Å². The number of carbonyl (C=O) groups excluding carboxylic acids is 3. The maximum absolute atomic E-state index is 14.3. The Morgan fingerprint density at radius 1 is 1.26 bits per heavy atom. The fraction of sp³-hybridized carbons (Fsp3) is 0.261. The van der Waals surface area contributed by atoms with E-state index in [1.807, 2.05) is 6.07 Å². The number of aromatic nitrogens is 2. The number of amides is 3. The average molecular weight is 483 g/mol. The molecule has 0 aliphatic heterocycles. The number of benzene rings is 2. The van der Waals surface area contributed by atoms with Crippen LogP contribution in [-0.2, 0) is 22.7 Å². The highest BCUT2D eigenvalue weighted by Crippen LogP contribution is 2.27. The van der Waals surface area contributed by atoms with Crippen molar-refractivity contribution in [2.75, 3.05) is 6.54 Å². The lowest BCUT2D eigenvalue weighted by Gasteiger charge is -2.22. The van der Waals surface area contributed by atoms with E-state index in [0.717, 1.165) is 12.8 Å². The van der Waals surface area contributed by atoms with E-state index < -0.39 is 17.6 Å². The summed E-state index contributed by atoms with van der Waals surface area (Å²) in [5.41, 5.74) is 6.10.